The van der Waals surface area contributed by atoms with Gasteiger partial charge in [0.1, 0.15) is 0 Å². The molecule has 0 unspecified atom stereocenters. The molecule has 0 aromatic carbocycles. The van der Waals surface area contributed by atoms with Crippen LogP contribution in [0.2, 0.25) is 0 Å². The van der Waals surface area contributed by atoms with Gasteiger partial charge in [-0.1, -0.05) is 12.1 Å². The van der Waals surface area contributed by atoms with E-state index in [4.69, 9.17) is 15.0 Å². The Morgan fingerprint density at radius 1 is 0.783 bits per heavy atom. The first-order valence-electron chi connectivity index (χ1n) is 6.82. The van der Waals surface area contributed by atoms with Crippen molar-refractivity contribution in [2.24, 2.45) is 0 Å². The van der Waals surface area contributed by atoms with Crippen LogP contribution in [-0.4, -0.2) is 16.1 Å². The average molecular weight is 359 g/mol. The zero-order valence-corrected chi connectivity index (χ0v) is 13.2. The first-order valence-corrected chi connectivity index (χ1v) is 6.82. The summed E-state index contributed by atoms with van der Waals surface area (Å²) >= 11 is 0. The maximum atomic E-state index is 8.33. The van der Waals surface area contributed by atoms with Gasteiger partial charge >= 0.3 is 16.5 Å². The van der Waals surface area contributed by atoms with Crippen LogP contribution in [0.3, 0.4) is 0 Å². The van der Waals surface area contributed by atoms with E-state index in [9.17, 15) is 0 Å². The van der Waals surface area contributed by atoms with Crippen LogP contribution in [0.25, 0.3) is 0 Å². The number of fused-ring (bicyclic) bond motifs is 4. The molecule has 0 atom stereocenters. The number of carbonyl (C=O) groups excluding carboxylic acids is 1. The van der Waals surface area contributed by atoms with E-state index < -0.39 is 6.16 Å². The third-order valence-electron chi connectivity index (χ3n) is 2.95. The molecule has 0 spiro atoms. The third kappa shape index (κ3) is 7.19. The smallest absolute Gasteiger partial charge is 0.652 e. The molecule has 2 aromatic rings. The maximum Gasteiger partial charge on any atom is 2.00 e. The van der Waals surface area contributed by atoms with Crippen molar-refractivity contribution in [2.75, 3.05) is 0 Å². The molecule has 0 aliphatic carbocycles. The molecular formula is C15H16N4NiO3. The fraction of sp³-hybridized carbons (Fsp3) is 0.267. The Labute approximate surface area is 144 Å². The number of hydrogen-bond donors (Lipinski definition) is 2. The number of nitrogens with zero attached hydrogens (tertiary/aromatic N) is 2. The van der Waals surface area contributed by atoms with Crippen LogP contribution in [0.4, 0.5) is 4.79 Å². The predicted molar refractivity (Wildman–Crippen MR) is 75.0 cm³/mol. The zero-order chi connectivity index (χ0) is 15.8. The van der Waals surface area contributed by atoms with Crippen molar-refractivity contribution < 1.29 is 31.5 Å². The second-order valence-corrected chi connectivity index (χ2v) is 4.70. The van der Waals surface area contributed by atoms with Gasteiger partial charge in [-0.2, -0.15) is 0 Å². The van der Waals surface area contributed by atoms with E-state index in [-0.39, 0.29) is 16.5 Å². The van der Waals surface area contributed by atoms with Gasteiger partial charge in [-0.3, -0.25) is 9.97 Å². The first-order chi connectivity index (χ1) is 10.6. The van der Waals surface area contributed by atoms with Crippen LogP contribution in [0.15, 0.2) is 36.4 Å². The molecule has 0 saturated heterocycles. The summed E-state index contributed by atoms with van der Waals surface area (Å²) in [7, 11) is 0. The number of aromatic nitrogens is 2. The van der Waals surface area contributed by atoms with Crippen LogP contribution in [0, 0.1) is 0 Å². The van der Waals surface area contributed by atoms with Crippen LogP contribution in [0.5, 0.6) is 0 Å². The summed E-state index contributed by atoms with van der Waals surface area (Å²) < 4.78 is 0. The second-order valence-electron chi connectivity index (χ2n) is 4.70. The molecule has 0 amide bonds. The van der Waals surface area contributed by atoms with Gasteiger partial charge in [0.2, 0.25) is 0 Å². The first kappa shape index (κ1) is 19.0. The maximum absolute atomic E-state index is 8.33. The normalized spacial score (nSPS) is 13.2. The Bertz CT molecular complexity index is 548. The quantitative estimate of drug-likeness (QED) is 0.576. The number of rotatable bonds is 0. The third-order valence-corrected chi connectivity index (χ3v) is 2.95. The predicted octanol–water partition coefficient (Wildman–Crippen LogP) is -1.08. The zero-order valence-electron chi connectivity index (χ0n) is 12.2. The van der Waals surface area contributed by atoms with Crippen LogP contribution in [-0.2, 0) is 42.7 Å². The molecular weight excluding hydrogens is 343 g/mol. The van der Waals surface area contributed by atoms with E-state index in [1.807, 2.05) is 24.3 Å². The number of carboxylic acid groups (broad SMARTS) is 2. The number of carbonyl (C=O) groups is 1. The molecule has 3 heterocycles. The van der Waals surface area contributed by atoms with Crippen LogP contribution in [0.1, 0.15) is 22.8 Å². The van der Waals surface area contributed by atoms with E-state index in [0.29, 0.717) is 0 Å². The summed E-state index contributed by atoms with van der Waals surface area (Å²) in [5.41, 5.74) is 4.30. The van der Waals surface area contributed by atoms with E-state index in [2.05, 4.69) is 32.7 Å². The Balaban J connectivity index is 0.000000478. The minimum atomic E-state index is -2.33. The minimum Gasteiger partial charge on any atom is -0.652 e. The Hall–Kier alpha value is -2.02. The van der Waals surface area contributed by atoms with Crippen molar-refractivity contribution in [2.45, 2.75) is 26.2 Å². The van der Waals surface area contributed by atoms with Gasteiger partial charge < -0.3 is 25.6 Å². The van der Waals surface area contributed by atoms with E-state index in [0.717, 1.165) is 49.0 Å². The van der Waals surface area contributed by atoms with E-state index in [1.165, 1.54) is 0 Å². The van der Waals surface area contributed by atoms with E-state index in [1.54, 1.807) is 0 Å². The molecule has 2 aromatic heterocycles. The van der Waals surface area contributed by atoms with Crippen molar-refractivity contribution in [3.8, 4) is 0 Å². The molecule has 1 aliphatic rings. The average Bonchev–Trinajstić information content (AvgIpc) is 2.47. The largest absolute Gasteiger partial charge is 2.00 e. The molecule has 0 saturated carbocycles. The molecule has 0 fully saturated rings. The van der Waals surface area contributed by atoms with Gasteiger partial charge in [-0.25, -0.2) is 0 Å². The monoisotopic (exact) mass is 358 g/mol. The van der Waals surface area contributed by atoms with Gasteiger partial charge in [0.15, 0.2) is 0 Å². The van der Waals surface area contributed by atoms with Crippen LogP contribution >= 0.6 is 0 Å². The van der Waals surface area contributed by atoms with Gasteiger partial charge in [0.25, 0.3) is 0 Å². The second kappa shape index (κ2) is 9.89. The fourth-order valence-electron chi connectivity index (χ4n) is 2.09. The van der Waals surface area contributed by atoms with Crippen molar-refractivity contribution in [1.29, 1.82) is 0 Å². The Morgan fingerprint density at radius 3 is 1.30 bits per heavy atom. The molecule has 8 heteroatoms. The summed E-state index contributed by atoms with van der Waals surface area (Å²) in [6.07, 6.45) is -2.33. The molecule has 4 bridgehead atoms. The summed E-state index contributed by atoms with van der Waals surface area (Å²) in [6, 6.07) is 12.3. The van der Waals surface area contributed by atoms with E-state index >= 15 is 0 Å². The molecule has 0 radical (unpaired) electrons. The van der Waals surface area contributed by atoms with Gasteiger partial charge in [0, 0.05) is 26.2 Å². The molecule has 23 heavy (non-hydrogen) atoms. The number of nitrogens with one attached hydrogen (secondary N) is 2. The SMILES string of the molecule is O=C([O-])[O-].[Ni+2].c1cc2nc(c1)CNCc1cccc(n1)CNC2. The summed E-state index contributed by atoms with van der Waals surface area (Å²) in [5, 5.41) is 23.4. The molecule has 124 valence electrons. The molecule has 2 N–H and O–H groups in total. The summed E-state index contributed by atoms with van der Waals surface area (Å²) in [4.78, 5) is 17.5. The summed E-state index contributed by atoms with van der Waals surface area (Å²) in [6.45, 7) is 3.11. The number of hydrogen-bond acceptors (Lipinski definition) is 7. The number of pyridine rings is 2. The van der Waals surface area contributed by atoms with Gasteiger partial charge in [-0.05, 0) is 30.4 Å². The van der Waals surface area contributed by atoms with Crippen molar-refractivity contribution >= 4 is 6.16 Å². The topological polar surface area (TPSA) is 113 Å². The Morgan fingerprint density at radius 2 is 1.04 bits per heavy atom. The molecule has 7 nitrogen and oxygen atoms in total. The van der Waals surface area contributed by atoms with Crippen molar-refractivity contribution in [3.63, 3.8) is 0 Å². The summed E-state index contributed by atoms with van der Waals surface area (Å²) in [5.74, 6) is 0. The standard InChI is InChI=1S/C14H16N4.CH2O3.Ni/c1-3-11-7-15-9-13-5-2-6-14(18-13)10-16-8-12(4-1)17-11;2-1(3)4;/h1-6,15-16H,7-10H2;(H2,2,3,4);/q;;+2/p-2. The fourth-order valence-corrected chi connectivity index (χ4v) is 2.09. The van der Waals surface area contributed by atoms with Crippen LogP contribution < -0.4 is 20.8 Å². The van der Waals surface area contributed by atoms with Gasteiger partial charge in [-0.15, -0.1) is 0 Å². The molecule has 1 aliphatic heterocycles. The minimum absolute atomic E-state index is 0. The molecule has 3 rings (SSSR count). The van der Waals surface area contributed by atoms with Crippen molar-refractivity contribution in [1.82, 2.24) is 20.6 Å². The van der Waals surface area contributed by atoms with Crippen molar-refractivity contribution in [3.05, 3.63) is 59.2 Å². The Kier molecular flexibility index (Phi) is 8.18. The van der Waals surface area contributed by atoms with Gasteiger partial charge in [0.05, 0.1) is 22.8 Å².